The van der Waals surface area contributed by atoms with Gasteiger partial charge in [-0.15, -0.1) is 0 Å². The van der Waals surface area contributed by atoms with Gasteiger partial charge in [0, 0.05) is 38.3 Å². The lowest BCUT2D eigenvalue weighted by Crippen LogP contribution is -2.51. The van der Waals surface area contributed by atoms with E-state index in [1.54, 1.807) is 24.3 Å². The summed E-state index contributed by atoms with van der Waals surface area (Å²) in [6, 6.07) is 8.85. The van der Waals surface area contributed by atoms with Crippen molar-refractivity contribution in [2.24, 2.45) is 0 Å². The van der Waals surface area contributed by atoms with Crippen LogP contribution in [0.15, 0.2) is 24.3 Å². The average molecular weight is 315 g/mol. The molecule has 0 N–H and O–H groups in total. The van der Waals surface area contributed by atoms with Gasteiger partial charge in [0.25, 0.3) is 5.91 Å². The van der Waals surface area contributed by atoms with Gasteiger partial charge in [-0.25, -0.2) is 0 Å². The van der Waals surface area contributed by atoms with Gasteiger partial charge in [0.1, 0.15) is 0 Å². The smallest absolute Gasteiger partial charge is 0.254 e. The predicted octanol–water partition coefficient (Wildman–Crippen LogP) is 0.731. The summed E-state index contributed by atoms with van der Waals surface area (Å²) in [7, 11) is 0. The van der Waals surface area contributed by atoms with Gasteiger partial charge in [0.2, 0.25) is 0 Å². The Labute approximate surface area is 136 Å². The summed E-state index contributed by atoms with van der Waals surface area (Å²) < 4.78 is 11.2. The summed E-state index contributed by atoms with van der Waals surface area (Å²) in [5.41, 5.74) is 1.18. The molecule has 2 aliphatic heterocycles. The minimum absolute atomic E-state index is 0.00441. The van der Waals surface area contributed by atoms with Gasteiger partial charge in [-0.1, -0.05) is 0 Å². The average Bonchev–Trinajstić information content (AvgIpc) is 2.62. The van der Waals surface area contributed by atoms with Crippen LogP contribution in [-0.4, -0.2) is 74.4 Å². The van der Waals surface area contributed by atoms with Crippen LogP contribution in [0.2, 0.25) is 0 Å². The van der Waals surface area contributed by atoms with E-state index in [2.05, 4.69) is 11.0 Å². The zero-order valence-electron chi connectivity index (χ0n) is 13.1. The maximum absolute atomic E-state index is 12.6. The van der Waals surface area contributed by atoms with E-state index in [9.17, 15) is 4.79 Å². The molecule has 1 aromatic carbocycles. The molecule has 2 fully saturated rings. The Morgan fingerprint density at radius 1 is 1.17 bits per heavy atom. The Balaban J connectivity index is 1.58. The van der Waals surface area contributed by atoms with Gasteiger partial charge < -0.3 is 14.4 Å². The SMILES string of the molecule is N#Cc1ccc(C(=O)N2CCOC(CN3CCOCC3)C2)cc1. The first-order chi connectivity index (χ1) is 11.3. The molecular weight excluding hydrogens is 294 g/mol. The van der Waals surface area contributed by atoms with E-state index in [0.717, 1.165) is 32.8 Å². The third-order valence-corrected chi connectivity index (χ3v) is 4.25. The highest BCUT2D eigenvalue weighted by molar-refractivity contribution is 5.94. The van der Waals surface area contributed by atoms with Crippen LogP contribution >= 0.6 is 0 Å². The minimum atomic E-state index is 0.00441. The molecule has 23 heavy (non-hydrogen) atoms. The van der Waals surface area contributed by atoms with E-state index >= 15 is 0 Å². The third kappa shape index (κ3) is 4.08. The molecule has 1 aromatic rings. The standard InChI is InChI=1S/C17H21N3O3/c18-11-14-1-3-15(4-2-14)17(21)20-7-10-23-16(13-20)12-19-5-8-22-9-6-19/h1-4,16H,5-10,12-13H2. The second-order valence-electron chi connectivity index (χ2n) is 5.85. The van der Waals surface area contributed by atoms with Crippen LogP contribution in [0, 0.1) is 11.3 Å². The van der Waals surface area contributed by atoms with Crippen molar-refractivity contribution >= 4 is 5.91 Å². The van der Waals surface area contributed by atoms with Crippen LogP contribution in [0.1, 0.15) is 15.9 Å². The van der Waals surface area contributed by atoms with Crippen molar-refractivity contribution in [2.45, 2.75) is 6.10 Å². The van der Waals surface area contributed by atoms with Crippen LogP contribution in [0.4, 0.5) is 0 Å². The fourth-order valence-corrected chi connectivity index (χ4v) is 2.96. The van der Waals surface area contributed by atoms with Gasteiger partial charge in [-0.05, 0) is 24.3 Å². The maximum atomic E-state index is 12.6. The van der Waals surface area contributed by atoms with Gasteiger partial charge in [0.15, 0.2) is 0 Å². The van der Waals surface area contributed by atoms with Crippen molar-refractivity contribution in [1.82, 2.24) is 9.80 Å². The number of morpholine rings is 2. The molecule has 0 aromatic heterocycles. The molecule has 0 bridgehead atoms. The Hall–Kier alpha value is -1.94. The van der Waals surface area contributed by atoms with E-state index in [4.69, 9.17) is 14.7 Å². The Morgan fingerprint density at radius 3 is 2.61 bits per heavy atom. The van der Waals surface area contributed by atoms with Crippen LogP contribution in [0.25, 0.3) is 0 Å². The first-order valence-electron chi connectivity index (χ1n) is 7.97. The molecule has 122 valence electrons. The second kappa shape index (κ2) is 7.55. The lowest BCUT2D eigenvalue weighted by molar-refractivity contribution is -0.0503. The van der Waals surface area contributed by atoms with Crippen LogP contribution in [0.3, 0.4) is 0 Å². The van der Waals surface area contributed by atoms with Crippen molar-refractivity contribution in [3.8, 4) is 6.07 Å². The molecule has 1 unspecified atom stereocenters. The van der Waals surface area contributed by atoms with Crippen molar-refractivity contribution in [2.75, 3.05) is 52.5 Å². The number of carbonyl (C=O) groups excluding carboxylic acids is 1. The summed E-state index contributed by atoms with van der Waals surface area (Å²) in [5.74, 6) is 0.00441. The Bertz CT molecular complexity index is 576. The van der Waals surface area contributed by atoms with Crippen molar-refractivity contribution in [3.63, 3.8) is 0 Å². The maximum Gasteiger partial charge on any atom is 0.254 e. The highest BCUT2D eigenvalue weighted by atomic mass is 16.5. The van der Waals surface area contributed by atoms with E-state index < -0.39 is 0 Å². The number of rotatable bonds is 3. The number of amides is 1. The van der Waals surface area contributed by atoms with E-state index in [-0.39, 0.29) is 12.0 Å². The number of ether oxygens (including phenoxy) is 2. The van der Waals surface area contributed by atoms with E-state index in [1.807, 2.05) is 4.90 Å². The summed E-state index contributed by atoms with van der Waals surface area (Å²) in [5, 5.41) is 8.83. The number of nitriles is 1. The molecule has 1 amide bonds. The molecule has 6 heteroatoms. The molecule has 0 spiro atoms. The fraction of sp³-hybridized carbons (Fsp3) is 0.529. The number of carbonyl (C=O) groups is 1. The molecule has 0 radical (unpaired) electrons. The monoisotopic (exact) mass is 315 g/mol. The van der Waals surface area contributed by atoms with Gasteiger partial charge in [-0.3, -0.25) is 9.69 Å². The molecule has 3 rings (SSSR count). The molecule has 1 atom stereocenters. The molecule has 6 nitrogen and oxygen atoms in total. The van der Waals surface area contributed by atoms with Gasteiger partial charge in [0.05, 0.1) is 37.6 Å². The van der Waals surface area contributed by atoms with Crippen molar-refractivity contribution in [3.05, 3.63) is 35.4 Å². The lowest BCUT2D eigenvalue weighted by Gasteiger charge is -2.36. The zero-order chi connectivity index (χ0) is 16.1. The first kappa shape index (κ1) is 15.9. The lowest BCUT2D eigenvalue weighted by atomic mass is 10.1. The summed E-state index contributed by atoms with van der Waals surface area (Å²) in [4.78, 5) is 16.8. The Morgan fingerprint density at radius 2 is 1.91 bits per heavy atom. The van der Waals surface area contributed by atoms with Crippen LogP contribution in [0.5, 0.6) is 0 Å². The van der Waals surface area contributed by atoms with E-state index in [1.165, 1.54) is 0 Å². The Kier molecular flexibility index (Phi) is 5.23. The normalized spacial score (nSPS) is 22.6. The third-order valence-electron chi connectivity index (χ3n) is 4.25. The number of hydrogen-bond donors (Lipinski definition) is 0. The van der Waals surface area contributed by atoms with E-state index in [0.29, 0.717) is 30.8 Å². The molecule has 2 aliphatic rings. The number of benzene rings is 1. The van der Waals surface area contributed by atoms with Gasteiger partial charge in [-0.2, -0.15) is 5.26 Å². The summed E-state index contributed by atoms with van der Waals surface area (Å²) in [6.45, 7) is 5.99. The molecule has 0 saturated carbocycles. The zero-order valence-corrected chi connectivity index (χ0v) is 13.1. The first-order valence-corrected chi connectivity index (χ1v) is 7.97. The fourth-order valence-electron chi connectivity index (χ4n) is 2.96. The second-order valence-corrected chi connectivity index (χ2v) is 5.85. The van der Waals surface area contributed by atoms with Crippen LogP contribution in [-0.2, 0) is 9.47 Å². The largest absolute Gasteiger partial charge is 0.379 e. The van der Waals surface area contributed by atoms with Gasteiger partial charge >= 0.3 is 0 Å². The summed E-state index contributed by atoms with van der Waals surface area (Å²) in [6.07, 6.45) is 0.0455. The minimum Gasteiger partial charge on any atom is -0.379 e. The predicted molar refractivity (Wildman–Crippen MR) is 84.1 cm³/mol. The molecule has 2 saturated heterocycles. The highest BCUT2D eigenvalue weighted by Gasteiger charge is 2.27. The summed E-state index contributed by atoms with van der Waals surface area (Å²) >= 11 is 0. The molecule has 2 heterocycles. The quantitative estimate of drug-likeness (QED) is 0.823. The number of hydrogen-bond acceptors (Lipinski definition) is 5. The molecular formula is C17H21N3O3. The van der Waals surface area contributed by atoms with Crippen molar-refractivity contribution in [1.29, 1.82) is 5.26 Å². The van der Waals surface area contributed by atoms with Crippen molar-refractivity contribution < 1.29 is 14.3 Å². The van der Waals surface area contributed by atoms with Crippen LogP contribution < -0.4 is 0 Å². The number of nitrogens with zero attached hydrogens (tertiary/aromatic N) is 3. The highest BCUT2D eigenvalue weighted by Crippen LogP contribution is 2.13. The topological polar surface area (TPSA) is 65.8 Å². The molecule has 0 aliphatic carbocycles.